The highest BCUT2D eigenvalue weighted by atomic mass is 16.5. The molecule has 2 aliphatic rings. The standard InChI is InChI=1S/C25H26N2O3/c28-25(20-10-12-21(13-11-20)30-18-22-8-5-17-29-22)27-16-15-26-14-4-9-23(26)24(27)19-6-2-1-3-7-19/h1-4,6-7,9-14,22,24H,5,8,15-18H2/t22-,24-/m0/s1. The second-order valence-corrected chi connectivity index (χ2v) is 7.91. The van der Waals surface area contributed by atoms with Crippen molar-refractivity contribution in [3.8, 4) is 5.75 Å². The van der Waals surface area contributed by atoms with Gasteiger partial charge in [0.05, 0.1) is 12.1 Å². The average Bonchev–Trinajstić information content (AvgIpc) is 3.49. The molecule has 0 unspecified atom stereocenters. The third-order valence-electron chi connectivity index (χ3n) is 5.98. The normalized spacial score (nSPS) is 20.7. The molecule has 2 aliphatic heterocycles. The number of benzene rings is 2. The van der Waals surface area contributed by atoms with Crippen LogP contribution in [0.25, 0.3) is 0 Å². The predicted molar refractivity (Wildman–Crippen MR) is 115 cm³/mol. The molecule has 3 aromatic rings. The summed E-state index contributed by atoms with van der Waals surface area (Å²) in [4.78, 5) is 15.4. The van der Waals surface area contributed by atoms with E-state index in [1.807, 2.05) is 47.4 Å². The fraction of sp³-hybridized carbons (Fsp3) is 0.320. The first-order valence-corrected chi connectivity index (χ1v) is 10.6. The van der Waals surface area contributed by atoms with Crippen LogP contribution in [0.1, 0.15) is 40.5 Å². The Morgan fingerprint density at radius 2 is 1.83 bits per heavy atom. The van der Waals surface area contributed by atoms with E-state index in [4.69, 9.17) is 9.47 Å². The molecule has 2 atom stereocenters. The molecule has 0 spiro atoms. The van der Waals surface area contributed by atoms with Crippen molar-refractivity contribution >= 4 is 5.91 Å². The highest BCUT2D eigenvalue weighted by molar-refractivity contribution is 5.95. The summed E-state index contributed by atoms with van der Waals surface area (Å²) in [6.45, 7) is 2.87. The number of hydrogen-bond donors (Lipinski definition) is 0. The van der Waals surface area contributed by atoms with E-state index < -0.39 is 0 Å². The SMILES string of the molecule is O=C(c1ccc(OC[C@@H]2CCCO2)cc1)N1CCn2cccc2[C@@H]1c1ccccc1. The minimum atomic E-state index is -0.0853. The zero-order chi connectivity index (χ0) is 20.3. The minimum absolute atomic E-state index is 0.0435. The molecule has 1 fully saturated rings. The predicted octanol–water partition coefficient (Wildman–Crippen LogP) is 4.29. The molecule has 1 amide bonds. The van der Waals surface area contributed by atoms with E-state index in [2.05, 4.69) is 35.0 Å². The Hall–Kier alpha value is -3.05. The molecule has 154 valence electrons. The fourth-order valence-electron chi connectivity index (χ4n) is 4.41. The van der Waals surface area contributed by atoms with Crippen LogP contribution in [0.4, 0.5) is 0 Å². The van der Waals surface area contributed by atoms with Gasteiger partial charge in [-0.15, -0.1) is 0 Å². The van der Waals surface area contributed by atoms with Gasteiger partial charge in [0.2, 0.25) is 0 Å². The summed E-state index contributed by atoms with van der Waals surface area (Å²) in [7, 11) is 0. The molecule has 0 radical (unpaired) electrons. The molecule has 0 N–H and O–H groups in total. The van der Waals surface area contributed by atoms with E-state index in [1.54, 1.807) is 0 Å². The van der Waals surface area contributed by atoms with Gasteiger partial charge in [-0.3, -0.25) is 4.79 Å². The van der Waals surface area contributed by atoms with Gasteiger partial charge in [0.15, 0.2) is 0 Å². The second-order valence-electron chi connectivity index (χ2n) is 7.91. The van der Waals surface area contributed by atoms with Crippen LogP contribution < -0.4 is 4.74 Å². The molecule has 0 bridgehead atoms. The number of fused-ring (bicyclic) bond motifs is 1. The van der Waals surface area contributed by atoms with Gasteiger partial charge in [-0.1, -0.05) is 30.3 Å². The Morgan fingerprint density at radius 1 is 1.00 bits per heavy atom. The summed E-state index contributed by atoms with van der Waals surface area (Å²) in [6.07, 6.45) is 4.42. The minimum Gasteiger partial charge on any atom is -0.491 e. The molecule has 5 nitrogen and oxygen atoms in total. The summed E-state index contributed by atoms with van der Waals surface area (Å²) in [5, 5.41) is 0. The number of hydrogen-bond acceptors (Lipinski definition) is 3. The van der Waals surface area contributed by atoms with Crippen LogP contribution in [-0.2, 0) is 11.3 Å². The summed E-state index contributed by atoms with van der Waals surface area (Å²) in [6, 6.07) is 21.8. The molecular formula is C25H26N2O3. The van der Waals surface area contributed by atoms with Crippen LogP contribution in [-0.4, -0.2) is 41.2 Å². The molecule has 1 aromatic heterocycles. The van der Waals surface area contributed by atoms with Gasteiger partial charge in [-0.05, 0) is 54.8 Å². The van der Waals surface area contributed by atoms with Crippen molar-refractivity contribution in [3.63, 3.8) is 0 Å². The Labute approximate surface area is 176 Å². The largest absolute Gasteiger partial charge is 0.491 e. The number of carbonyl (C=O) groups is 1. The average molecular weight is 402 g/mol. The monoisotopic (exact) mass is 402 g/mol. The lowest BCUT2D eigenvalue weighted by molar-refractivity contribution is 0.0660. The van der Waals surface area contributed by atoms with Crippen LogP contribution >= 0.6 is 0 Å². The van der Waals surface area contributed by atoms with Gasteiger partial charge in [-0.25, -0.2) is 0 Å². The van der Waals surface area contributed by atoms with E-state index in [-0.39, 0.29) is 18.1 Å². The topological polar surface area (TPSA) is 43.7 Å². The van der Waals surface area contributed by atoms with Crippen molar-refractivity contribution in [2.75, 3.05) is 19.8 Å². The Balaban J connectivity index is 1.35. The van der Waals surface area contributed by atoms with Crippen LogP contribution in [0, 0.1) is 0 Å². The first-order chi connectivity index (χ1) is 14.8. The Kier molecular flexibility index (Phi) is 5.28. The number of nitrogens with zero attached hydrogens (tertiary/aromatic N) is 2. The highest BCUT2D eigenvalue weighted by Gasteiger charge is 2.32. The molecule has 0 aliphatic carbocycles. The zero-order valence-electron chi connectivity index (χ0n) is 16.9. The first kappa shape index (κ1) is 18.9. The summed E-state index contributed by atoms with van der Waals surface area (Å²) >= 11 is 0. The molecule has 3 heterocycles. The van der Waals surface area contributed by atoms with Crippen molar-refractivity contribution in [2.24, 2.45) is 0 Å². The fourth-order valence-corrected chi connectivity index (χ4v) is 4.41. The van der Waals surface area contributed by atoms with Gasteiger partial charge >= 0.3 is 0 Å². The maximum atomic E-state index is 13.4. The van der Waals surface area contributed by atoms with E-state index in [1.165, 1.54) is 0 Å². The number of aromatic nitrogens is 1. The summed E-state index contributed by atoms with van der Waals surface area (Å²) < 4.78 is 13.7. The van der Waals surface area contributed by atoms with Crippen molar-refractivity contribution in [1.29, 1.82) is 0 Å². The lowest BCUT2D eigenvalue weighted by atomic mass is 9.99. The van der Waals surface area contributed by atoms with Crippen molar-refractivity contribution in [2.45, 2.75) is 31.5 Å². The number of ether oxygens (including phenoxy) is 2. The third-order valence-corrected chi connectivity index (χ3v) is 5.98. The van der Waals surface area contributed by atoms with E-state index >= 15 is 0 Å². The van der Waals surface area contributed by atoms with Crippen molar-refractivity contribution < 1.29 is 14.3 Å². The molecule has 1 saturated heterocycles. The summed E-state index contributed by atoms with van der Waals surface area (Å²) in [5.41, 5.74) is 2.96. The van der Waals surface area contributed by atoms with Gasteiger partial charge < -0.3 is 18.9 Å². The number of amides is 1. The van der Waals surface area contributed by atoms with Gasteiger partial charge in [0.1, 0.15) is 12.4 Å². The van der Waals surface area contributed by atoms with Gasteiger partial charge in [0, 0.05) is 37.2 Å². The van der Waals surface area contributed by atoms with Crippen LogP contribution in [0.2, 0.25) is 0 Å². The second kappa shape index (κ2) is 8.36. The Morgan fingerprint density at radius 3 is 2.60 bits per heavy atom. The number of rotatable bonds is 5. The van der Waals surface area contributed by atoms with E-state index in [9.17, 15) is 4.79 Å². The molecule has 5 rings (SSSR count). The number of carbonyl (C=O) groups excluding carboxylic acids is 1. The highest BCUT2D eigenvalue weighted by Crippen LogP contribution is 2.33. The Bertz CT molecular complexity index is 991. The van der Waals surface area contributed by atoms with Gasteiger partial charge in [0.25, 0.3) is 5.91 Å². The van der Waals surface area contributed by atoms with Crippen LogP contribution in [0.15, 0.2) is 72.9 Å². The van der Waals surface area contributed by atoms with Crippen LogP contribution in [0.3, 0.4) is 0 Å². The molecular weight excluding hydrogens is 376 g/mol. The van der Waals surface area contributed by atoms with Crippen LogP contribution in [0.5, 0.6) is 5.75 Å². The van der Waals surface area contributed by atoms with E-state index in [0.717, 1.165) is 43.0 Å². The zero-order valence-corrected chi connectivity index (χ0v) is 16.9. The summed E-state index contributed by atoms with van der Waals surface area (Å²) in [5.74, 6) is 0.816. The van der Waals surface area contributed by atoms with Crippen molar-refractivity contribution in [3.05, 3.63) is 89.7 Å². The maximum Gasteiger partial charge on any atom is 0.254 e. The third kappa shape index (κ3) is 3.73. The molecule has 5 heteroatoms. The molecule has 2 aromatic carbocycles. The quantitative estimate of drug-likeness (QED) is 0.639. The van der Waals surface area contributed by atoms with Crippen molar-refractivity contribution in [1.82, 2.24) is 9.47 Å². The van der Waals surface area contributed by atoms with Gasteiger partial charge in [-0.2, -0.15) is 0 Å². The first-order valence-electron chi connectivity index (χ1n) is 10.6. The smallest absolute Gasteiger partial charge is 0.254 e. The lowest BCUT2D eigenvalue weighted by Gasteiger charge is -2.37. The maximum absolute atomic E-state index is 13.4. The molecule has 0 saturated carbocycles. The van der Waals surface area contributed by atoms with E-state index in [0.29, 0.717) is 18.7 Å². The molecule has 30 heavy (non-hydrogen) atoms. The lowest BCUT2D eigenvalue weighted by Crippen LogP contribution is -2.42.